The first-order chi connectivity index (χ1) is 8.28. The first-order valence-electron chi connectivity index (χ1n) is 5.91. The summed E-state index contributed by atoms with van der Waals surface area (Å²) in [4.78, 5) is 6.72. The standard InChI is InChI=1S/C13H16N4/c1-2-16-6-5-15-13(16)17-8-10-3-4-12(14)7-11(10)9-17/h3-7H,2,8-9,14H2,1H3. The highest BCUT2D eigenvalue weighted by Gasteiger charge is 2.21. The van der Waals surface area contributed by atoms with Crippen LogP contribution in [0.4, 0.5) is 11.6 Å². The molecule has 88 valence electrons. The lowest BCUT2D eigenvalue weighted by Crippen LogP contribution is -2.19. The maximum Gasteiger partial charge on any atom is 0.206 e. The molecule has 1 aromatic carbocycles. The van der Waals surface area contributed by atoms with Crippen LogP contribution in [0.25, 0.3) is 0 Å². The SMILES string of the molecule is CCn1ccnc1N1Cc2ccc(N)cc2C1. The monoisotopic (exact) mass is 228 g/mol. The molecule has 4 nitrogen and oxygen atoms in total. The highest BCUT2D eigenvalue weighted by atomic mass is 15.3. The van der Waals surface area contributed by atoms with Crippen LogP contribution in [0.2, 0.25) is 0 Å². The molecule has 2 heterocycles. The Kier molecular flexibility index (Phi) is 2.28. The summed E-state index contributed by atoms with van der Waals surface area (Å²) in [5.74, 6) is 1.04. The van der Waals surface area contributed by atoms with Crippen LogP contribution in [-0.2, 0) is 19.6 Å². The quantitative estimate of drug-likeness (QED) is 0.800. The number of nitrogen functional groups attached to an aromatic ring is 1. The maximum absolute atomic E-state index is 5.81. The van der Waals surface area contributed by atoms with Crippen LogP contribution in [0.1, 0.15) is 18.1 Å². The molecule has 0 unspecified atom stereocenters. The molecule has 2 aromatic rings. The van der Waals surface area contributed by atoms with E-state index < -0.39 is 0 Å². The molecular weight excluding hydrogens is 212 g/mol. The van der Waals surface area contributed by atoms with Gasteiger partial charge in [-0.2, -0.15) is 0 Å². The lowest BCUT2D eigenvalue weighted by molar-refractivity contribution is 0.711. The first kappa shape index (κ1) is 10.2. The van der Waals surface area contributed by atoms with Gasteiger partial charge in [0.05, 0.1) is 0 Å². The lowest BCUT2D eigenvalue weighted by Gasteiger charge is -2.17. The molecule has 0 radical (unpaired) electrons. The number of benzene rings is 1. The summed E-state index contributed by atoms with van der Waals surface area (Å²) < 4.78 is 2.16. The van der Waals surface area contributed by atoms with Crippen LogP contribution in [0, 0.1) is 0 Å². The number of aromatic nitrogens is 2. The van der Waals surface area contributed by atoms with Gasteiger partial charge in [-0.3, -0.25) is 0 Å². The number of nitrogens with zero attached hydrogens (tertiary/aromatic N) is 3. The zero-order valence-corrected chi connectivity index (χ0v) is 9.93. The van der Waals surface area contributed by atoms with Gasteiger partial charge in [0, 0.05) is 37.7 Å². The summed E-state index contributed by atoms with van der Waals surface area (Å²) in [5.41, 5.74) is 9.32. The fraction of sp³-hybridized carbons (Fsp3) is 0.308. The fourth-order valence-corrected chi connectivity index (χ4v) is 2.39. The summed E-state index contributed by atoms with van der Waals surface area (Å²) in [6.45, 7) is 4.90. The van der Waals surface area contributed by atoms with Gasteiger partial charge in [-0.05, 0) is 30.2 Å². The van der Waals surface area contributed by atoms with E-state index in [1.54, 1.807) is 0 Å². The van der Waals surface area contributed by atoms with E-state index in [9.17, 15) is 0 Å². The molecule has 1 aromatic heterocycles. The number of rotatable bonds is 2. The summed E-state index contributed by atoms with van der Waals surface area (Å²) in [6.07, 6.45) is 3.88. The Labute approximate surface area is 101 Å². The number of fused-ring (bicyclic) bond motifs is 1. The zero-order valence-electron chi connectivity index (χ0n) is 9.93. The normalized spacial score (nSPS) is 14.1. The first-order valence-corrected chi connectivity index (χ1v) is 5.91. The zero-order chi connectivity index (χ0) is 11.8. The summed E-state index contributed by atoms with van der Waals surface area (Å²) in [5, 5.41) is 0. The minimum Gasteiger partial charge on any atom is -0.399 e. The minimum absolute atomic E-state index is 0.837. The van der Waals surface area contributed by atoms with Crippen molar-refractivity contribution >= 4 is 11.6 Å². The van der Waals surface area contributed by atoms with Gasteiger partial charge in [0.25, 0.3) is 0 Å². The number of nitrogens with two attached hydrogens (primary N) is 1. The molecule has 2 N–H and O–H groups in total. The van der Waals surface area contributed by atoms with Crippen LogP contribution in [0.15, 0.2) is 30.6 Å². The molecule has 3 rings (SSSR count). The highest BCUT2D eigenvalue weighted by molar-refractivity contribution is 5.51. The van der Waals surface area contributed by atoms with Crippen molar-refractivity contribution in [3.63, 3.8) is 0 Å². The number of hydrogen-bond donors (Lipinski definition) is 1. The van der Waals surface area contributed by atoms with Crippen molar-refractivity contribution in [3.05, 3.63) is 41.7 Å². The minimum atomic E-state index is 0.837. The second-order valence-corrected chi connectivity index (χ2v) is 4.40. The van der Waals surface area contributed by atoms with Crippen molar-refractivity contribution < 1.29 is 0 Å². The second kappa shape index (κ2) is 3.80. The maximum atomic E-state index is 5.81. The predicted molar refractivity (Wildman–Crippen MR) is 68.6 cm³/mol. The third-order valence-electron chi connectivity index (χ3n) is 3.27. The van der Waals surface area contributed by atoms with Crippen LogP contribution in [0.3, 0.4) is 0 Å². The smallest absolute Gasteiger partial charge is 0.206 e. The molecule has 0 bridgehead atoms. The van der Waals surface area contributed by atoms with E-state index in [1.165, 1.54) is 11.1 Å². The van der Waals surface area contributed by atoms with Gasteiger partial charge in [-0.1, -0.05) is 6.07 Å². The van der Waals surface area contributed by atoms with Gasteiger partial charge in [0.15, 0.2) is 0 Å². The number of aryl methyl sites for hydroxylation is 1. The Balaban J connectivity index is 1.91. The Morgan fingerprint density at radius 2 is 2.12 bits per heavy atom. The van der Waals surface area contributed by atoms with E-state index in [2.05, 4.69) is 33.5 Å². The van der Waals surface area contributed by atoms with Crippen molar-refractivity contribution in [2.24, 2.45) is 0 Å². The Bertz CT molecular complexity index is 544. The van der Waals surface area contributed by atoms with E-state index in [0.717, 1.165) is 31.3 Å². The average molecular weight is 228 g/mol. The topological polar surface area (TPSA) is 47.1 Å². The second-order valence-electron chi connectivity index (χ2n) is 4.40. The van der Waals surface area contributed by atoms with Crippen LogP contribution >= 0.6 is 0 Å². The van der Waals surface area contributed by atoms with Crippen molar-refractivity contribution in [2.45, 2.75) is 26.6 Å². The van der Waals surface area contributed by atoms with Gasteiger partial charge in [0.1, 0.15) is 0 Å². The van der Waals surface area contributed by atoms with Crippen molar-refractivity contribution in [3.8, 4) is 0 Å². The summed E-state index contributed by atoms with van der Waals surface area (Å²) in [7, 11) is 0. The van der Waals surface area contributed by atoms with Crippen molar-refractivity contribution in [1.82, 2.24) is 9.55 Å². The summed E-state index contributed by atoms with van der Waals surface area (Å²) >= 11 is 0. The average Bonchev–Trinajstić information content (AvgIpc) is 2.93. The molecule has 1 aliphatic rings. The van der Waals surface area contributed by atoms with E-state index >= 15 is 0 Å². The third kappa shape index (κ3) is 1.65. The van der Waals surface area contributed by atoms with E-state index in [4.69, 9.17) is 5.73 Å². The Hall–Kier alpha value is -1.97. The molecule has 0 atom stereocenters. The van der Waals surface area contributed by atoms with Gasteiger partial charge < -0.3 is 15.2 Å². The van der Waals surface area contributed by atoms with Crippen molar-refractivity contribution in [1.29, 1.82) is 0 Å². The van der Waals surface area contributed by atoms with Crippen LogP contribution in [-0.4, -0.2) is 9.55 Å². The fourth-order valence-electron chi connectivity index (χ4n) is 2.39. The molecule has 0 aliphatic carbocycles. The van der Waals surface area contributed by atoms with E-state index in [-0.39, 0.29) is 0 Å². The number of hydrogen-bond acceptors (Lipinski definition) is 3. The molecule has 0 saturated heterocycles. The molecule has 17 heavy (non-hydrogen) atoms. The number of imidazole rings is 1. The highest BCUT2D eigenvalue weighted by Crippen LogP contribution is 2.28. The van der Waals surface area contributed by atoms with Gasteiger partial charge in [-0.15, -0.1) is 0 Å². The molecule has 4 heteroatoms. The van der Waals surface area contributed by atoms with E-state index in [1.807, 2.05) is 18.5 Å². The molecule has 0 amide bonds. The molecular formula is C13H16N4. The molecule has 0 fully saturated rings. The van der Waals surface area contributed by atoms with Crippen LogP contribution < -0.4 is 10.6 Å². The van der Waals surface area contributed by atoms with E-state index in [0.29, 0.717) is 0 Å². The molecule has 1 aliphatic heterocycles. The Morgan fingerprint density at radius 3 is 2.94 bits per heavy atom. The largest absolute Gasteiger partial charge is 0.399 e. The molecule has 0 saturated carbocycles. The van der Waals surface area contributed by atoms with Gasteiger partial charge in [-0.25, -0.2) is 4.98 Å². The van der Waals surface area contributed by atoms with Gasteiger partial charge in [0.2, 0.25) is 5.95 Å². The predicted octanol–water partition coefficient (Wildman–Crippen LogP) is 2.01. The van der Waals surface area contributed by atoms with Gasteiger partial charge >= 0.3 is 0 Å². The summed E-state index contributed by atoms with van der Waals surface area (Å²) in [6, 6.07) is 6.15. The Morgan fingerprint density at radius 1 is 1.29 bits per heavy atom. The third-order valence-corrected chi connectivity index (χ3v) is 3.27. The number of anilines is 2. The molecule has 0 spiro atoms. The van der Waals surface area contributed by atoms with Crippen molar-refractivity contribution in [2.75, 3.05) is 10.6 Å². The van der Waals surface area contributed by atoms with Crippen LogP contribution in [0.5, 0.6) is 0 Å². The lowest BCUT2D eigenvalue weighted by atomic mass is 10.1.